The second kappa shape index (κ2) is 8.96. The van der Waals surface area contributed by atoms with E-state index >= 15 is 0 Å². The van der Waals surface area contributed by atoms with Gasteiger partial charge in [-0.3, -0.25) is 4.18 Å². The van der Waals surface area contributed by atoms with Gasteiger partial charge in [-0.05, 0) is 12.1 Å². The van der Waals surface area contributed by atoms with E-state index in [-0.39, 0.29) is 6.61 Å². The Morgan fingerprint density at radius 3 is 2.29 bits per heavy atom. The summed E-state index contributed by atoms with van der Waals surface area (Å²) in [6.45, 7) is 3.29. The molecule has 1 aromatic rings. The summed E-state index contributed by atoms with van der Waals surface area (Å²) in [6, 6.07) is 9.79. The predicted molar refractivity (Wildman–Crippen MR) is 58.8 cm³/mol. The Morgan fingerprint density at radius 1 is 1.50 bits per heavy atom. The van der Waals surface area contributed by atoms with Crippen LogP contribution in [0.4, 0.5) is 0 Å². The highest BCUT2D eigenvalue weighted by atomic mass is 32.2. The van der Waals surface area contributed by atoms with Crippen LogP contribution in [0.15, 0.2) is 47.9 Å². The molecule has 5 heteroatoms. The van der Waals surface area contributed by atoms with Crippen LogP contribution in [0.2, 0.25) is 0 Å². The molecule has 0 saturated heterocycles. The van der Waals surface area contributed by atoms with Crippen LogP contribution in [0, 0.1) is 0 Å². The molecule has 1 unspecified atom stereocenters. The van der Waals surface area contributed by atoms with Crippen molar-refractivity contribution in [1.82, 2.24) is 0 Å². The van der Waals surface area contributed by atoms with Crippen molar-refractivity contribution in [2.75, 3.05) is 6.61 Å². The quantitative estimate of drug-likeness (QED) is 0.491. The molecule has 0 bridgehead atoms. The van der Waals surface area contributed by atoms with Gasteiger partial charge in [-0.2, -0.15) is 0 Å². The van der Waals surface area contributed by atoms with Crippen LogP contribution in [0.3, 0.4) is 0 Å². The number of benzene rings is 1. The number of thiol groups is 1. The average Bonchev–Trinajstić information content (AvgIpc) is 2.17. The monoisotopic (exact) mass is 231 g/mol. The second-order valence-electron chi connectivity index (χ2n) is 2.11. The fourth-order valence-corrected chi connectivity index (χ4v) is 0.911. The van der Waals surface area contributed by atoms with Gasteiger partial charge in [0.25, 0.3) is 0 Å². The molecular formula is C9H11O3S2-. The Kier molecular flexibility index (Phi) is 8.56. The highest BCUT2D eigenvalue weighted by Gasteiger charge is 1.74. The van der Waals surface area contributed by atoms with Crippen molar-refractivity contribution in [3.05, 3.63) is 43.0 Å². The van der Waals surface area contributed by atoms with Gasteiger partial charge in [-0.25, -0.2) is 4.21 Å². The first kappa shape index (κ1) is 13.4. The molecule has 1 rings (SSSR count). The largest absolute Gasteiger partial charge is 0.750 e. The molecule has 0 fully saturated rings. The van der Waals surface area contributed by atoms with E-state index < -0.39 is 11.4 Å². The SMILES string of the molecule is C=CCOS(=O)[O-].Sc1ccccc1. The van der Waals surface area contributed by atoms with Crippen molar-refractivity contribution >= 4 is 24.0 Å². The van der Waals surface area contributed by atoms with Gasteiger partial charge in [0.15, 0.2) is 0 Å². The van der Waals surface area contributed by atoms with Gasteiger partial charge in [0, 0.05) is 4.90 Å². The predicted octanol–water partition coefficient (Wildman–Crippen LogP) is 1.96. The van der Waals surface area contributed by atoms with E-state index in [1.165, 1.54) is 6.08 Å². The zero-order valence-electron chi connectivity index (χ0n) is 7.46. The third-order valence-corrected chi connectivity index (χ3v) is 1.66. The van der Waals surface area contributed by atoms with Crippen LogP contribution in [-0.4, -0.2) is 15.4 Å². The summed E-state index contributed by atoms with van der Waals surface area (Å²) in [5, 5.41) is 0. The van der Waals surface area contributed by atoms with Gasteiger partial charge in [0.2, 0.25) is 0 Å². The van der Waals surface area contributed by atoms with Gasteiger partial charge in [-0.1, -0.05) is 24.3 Å². The Morgan fingerprint density at radius 2 is 2.07 bits per heavy atom. The Bertz CT molecular complexity index is 275. The van der Waals surface area contributed by atoms with Gasteiger partial charge >= 0.3 is 0 Å². The lowest BCUT2D eigenvalue weighted by atomic mass is 10.4. The summed E-state index contributed by atoms with van der Waals surface area (Å²) in [6.07, 6.45) is 1.36. The first-order valence-corrected chi connectivity index (χ1v) is 5.19. The summed E-state index contributed by atoms with van der Waals surface area (Å²) in [4.78, 5) is 1.02. The molecule has 0 amide bonds. The van der Waals surface area contributed by atoms with Gasteiger partial charge in [-0.15, -0.1) is 19.2 Å². The maximum absolute atomic E-state index is 9.49. The summed E-state index contributed by atoms with van der Waals surface area (Å²) in [7, 11) is 0. The van der Waals surface area contributed by atoms with Gasteiger partial charge in [0.05, 0.1) is 18.0 Å². The normalized spacial score (nSPS) is 11.0. The minimum atomic E-state index is -2.39. The Labute approximate surface area is 91.7 Å². The highest BCUT2D eigenvalue weighted by molar-refractivity contribution is 7.80. The molecule has 0 heterocycles. The molecule has 0 N–H and O–H groups in total. The topological polar surface area (TPSA) is 49.4 Å². The minimum absolute atomic E-state index is 0.0517. The zero-order valence-corrected chi connectivity index (χ0v) is 9.17. The van der Waals surface area contributed by atoms with E-state index in [0.717, 1.165) is 4.90 Å². The molecule has 14 heavy (non-hydrogen) atoms. The number of rotatable bonds is 3. The standard InChI is InChI=1S/C6H6S.C3H6O3S/c7-6-4-2-1-3-5-6;1-2-3-6-7(4)5/h1-5,7H;2H,1,3H2,(H,4,5)/p-1. The van der Waals surface area contributed by atoms with Crippen LogP contribution >= 0.6 is 12.6 Å². The van der Waals surface area contributed by atoms with Crippen molar-refractivity contribution in [2.45, 2.75) is 4.90 Å². The fraction of sp³-hybridized carbons (Fsp3) is 0.111. The lowest BCUT2D eigenvalue weighted by Crippen LogP contribution is -1.93. The van der Waals surface area contributed by atoms with Crippen LogP contribution in [0.1, 0.15) is 0 Å². The molecule has 1 atom stereocenters. The molecule has 0 aromatic heterocycles. The summed E-state index contributed by atoms with van der Waals surface area (Å²) in [5.41, 5.74) is 0. The molecule has 78 valence electrons. The maximum atomic E-state index is 9.49. The molecular weight excluding hydrogens is 220 g/mol. The van der Waals surface area contributed by atoms with Crippen molar-refractivity contribution in [3.8, 4) is 0 Å². The van der Waals surface area contributed by atoms with Crippen LogP contribution in [0.5, 0.6) is 0 Å². The highest BCUT2D eigenvalue weighted by Crippen LogP contribution is 2.00. The van der Waals surface area contributed by atoms with Gasteiger partial charge < -0.3 is 4.55 Å². The third kappa shape index (κ3) is 9.47. The molecule has 0 aliphatic rings. The summed E-state index contributed by atoms with van der Waals surface area (Å²) in [5.74, 6) is 0. The maximum Gasteiger partial charge on any atom is 0.0845 e. The van der Waals surface area contributed by atoms with Crippen molar-refractivity contribution < 1.29 is 12.9 Å². The first-order chi connectivity index (χ1) is 6.66. The van der Waals surface area contributed by atoms with Crippen LogP contribution < -0.4 is 0 Å². The van der Waals surface area contributed by atoms with E-state index in [4.69, 9.17) is 0 Å². The molecule has 0 radical (unpaired) electrons. The minimum Gasteiger partial charge on any atom is -0.750 e. The first-order valence-electron chi connectivity index (χ1n) is 3.74. The molecule has 0 aliphatic carbocycles. The summed E-state index contributed by atoms with van der Waals surface area (Å²) >= 11 is 1.70. The average molecular weight is 231 g/mol. The number of hydrogen-bond donors (Lipinski definition) is 1. The van der Waals surface area contributed by atoms with Gasteiger partial charge in [0.1, 0.15) is 0 Å². The Balaban J connectivity index is 0.000000241. The lowest BCUT2D eigenvalue weighted by Gasteiger charge is -1.99. The van der Waals surface area contributed by atoms with Crippen LogP contribution in [-0.2, 0) is 15.5 Å². The van der Waals surface area contributed by atoms with Crippen LogP contribution in [0.25, 0.3) is 0 Å². The fourth-order valence-electron chi connectivity index (χ4n) is 0.532. The summed E-state index contributed by atoms with van der Waals surface area (Å²) < 4.78 is 23.0. The van der Waals surface area contributed by atoms with Crippen molar-refractivity contribution in [2.24, 2.45) is 0 Å². The third-order valence-electron chi connectivity index (χ3n) is 1.04. The Hall–Kier alpha value is -0.620. The lowest BCUT2D eigenvalue weighted by molar-refractivity contribution is 0.334. The molecule has 3 nitrogen and oxygen atoms in total. The van der Waals surface area contributed by atoms with E-state index in [1.807, 2.05) is 30.3 Å². The van der Waals surface area contributed by atoms with E-state index in [1.54, 1.807) is 0 Å². The number of hydrogen-bond acceptors (Lipinski definition) is 4. The molecule has 0 aliphatic heterocycles. The van der Waals surface area contributed by atoms with E-state index in [2.05, 4.69) is 23.4 Å². The van der Waals surface area contributed by atoms with Crippen molar-refractivity contribution in [3.63, 3.8) is 0 Å². The van der Waals surface area contributed by atoms with E-state index in [9.17, 15) is 8.76 Å². The second-order valence-corrected chi connectivity index (χ2v) is 3.27. The zero-order chi connectivity index (χ0) is 10.8. The van der Waals surface area contributed by atoms with E-state index in [0.29, 0.717) is 0 Å². The molecule has 1 aromatic carbocycles. The molecule has 0 spiro atoms. The smallest absolute Gasteiger partial charge is 0.0845 e. The molecule has 0 saturated carbocycles. The van der Waals surface area contributed by atoms with Crippen molar-refractivity contribution in [1.29, 1.82) is 0 Å².